The summed E-state index contributed by atoms with van der Waals surface area (Å²) < 4.78 is 1.22. The van der Waals surface area contributed by atoms with Gasteiger partial charge in [-0.25, -0.2) is 0 Å². The molecule has 100 valence electrons. The fourth-order valence-corrected chi connectivity index (χ4v) is 1.69. The highest BCUT2D eigenvalue weighted by Gasteiger charge is 2.12. The Labute approximate surface area is 105 Å². The summed E-state index contributed by atoms with van der Waals surface area (Å²) in [6.07, 6.45) is 9.53. The van der Waals surface area contributed by atoms with Gasteiger partial charge in [-0.2, -0.15) is 0 Å². The standard InChI is InChI=1S/C12H28N.C3H8/c1-5-7-9-11-13(3,4)12-10-8-6-2;1-3-2/h5-12H2,1-4H3;3H2,1-2H3/q+1;. The van der Waals surface area contributed by atoms with Crippen molar-refractivity contribution < 1.29 is 4.48 Å². The number of nitrogens with zero attached hydrogens (tertiary/aromatic N) is 1. The molecule has 0 atom stereocenters. The Kier molecular flexibility index (Phi) is 14.9. The van der Waals surface area contributed by atoms with Crippen LogP contribution in [0.5, 0.6) is 0 Å². The summed E-state index contributed by atoms with van der Waals surface area (Å²) in [5.41, 5.74) is 0. The second-order valence-corrected chi connectivity index (χ2v) is 5.50. The maximum absolute atomic E-state index is 2.37. The van der Waals surface area contributed by atoms with Crippen molar-refractivity contribution in [3.63, 3.8) is 0 Å². The van der Waals surface area contributed by atoms with Gasteiger partial charge in [0.25, 0.3) is 0 Å². The van der Waals surface area contributed by atoms with Gasteiger partial charge < -0.3 is 4.48 Å². The van der Waals surface area contributed by atoms with Crippen LogP contribution in [0.4, 0.5) is 0 Å². The summed E-state index contributed by atoms with van der Waals surface area (Å²) in [5.74, 6) is 0. The van der Waals surface area contributed by atoms with E-state index in [1.54, 1.807) is 0 Å². The predicted molar refractivity (Wildman–Crippen MR) is 76.9 cm³/mol. The number of hydrogen-bond donors (Lipinski definition) is 0. The normalized spacial score (nSPS) is 10.9. The molecular formula is C15H36N+. The minimum absolute atomic E-state index is 1.22. The molecule has 0 unspecified atom stereocenters. The first-order valence-electron chi connectivity index (χ1n) is 7.36. The van der Waals surface area contributed by atoms with Crippen LogP contribution >= 0.6 is 0 Å². The van der Waals surface area contributed by atoms with Crippen LogP contribution in [0.25, 0.3) is 0 Å². The molecule has 0 N–H and O–H groups in total. The molecule has 1 heteroatoms. The maximum atomic E-state index is 2.37. The van der Waals surface area contributed by atoms with E-state index < -0.39 is 0 Å². The molecule has 0 aromatic heterocycles. The van der Waals surface area contributed by atoms with Gasteiger partial charge in [0.15, 0.2) is 0 Å². The van der Waals surface area contributed by atoms with Crippen molar-refractivity contribution in [1.82, 2.24) is 0 Å². The molecule has 0 amide bonds. The summed E-state index contributed by atoms with van der Waals surface area (Å²) in [6, 6.07) is 0. The van der Waals surface area contributed by atoms with Crippen LogP contribution in [-0.2, 0) is 0 Å². The molecule has 0 aromatic carbocycles. The van der Waals surface area contributed by atoms with E-state index >= 15 is 0 Å². The molecule has 0 bridgehead atoms. The lowest BCUT2D eigenvalue weighted by molar-refractivity contribution is -0.890. The average molecular weight is 230 g/mol. The maximum Gasteiger partial charge on any atom is 0.0782 e. The zero-order chi connectivity index (χ0) is 12.9. The molecule has 0 radical (unpaired) electrons. The Morgan fingerprint density at radius 2 is 0.938 bits per heavy atom. The monoisotopic (exact) mass is 230 g/mol. The summed E-state index contributed by atoms with van der Waals surface area (Å²) in [6.45, 7) is 11.5. The average Bonchev–Trinajstić information content (AvgIpc) is 2.19. The van der Waals surface area contributed by atoms with Gasteiger partial charge in [0.05, 0.1) is 27.2 Å². The van der Waals surface area contributed by atoms with Gasteiger partial charge >= 0.3 is 0 Å². The predicted octanol–water partition coefficient (Wildman–Crippen LogP) is 4.86. The first-order valence-corrected chi connectivity index (χ1v) is 7.36. The van der Waals surface area contributed by atoms with Gasteiger partial charge in [-0.1, -0.05) is 47.0 Å². The molecule has 0 aromatic rings. The topological polar surface area (TPSA) is 0 Å². The Hall–Kier alpha value is -0.0400. The third kappa shape index (κ3) is 16.4. The molecule has 0 rings (SSSR count). The Morgan fingerprint density at radius 3 is 1.19 bits per heavy atom. The van der Waals surface area contributed by atoms with Gasteiger partial charge in [-0.05, 0) is 25.7 Å². The van der Waals surface area contributed by atoms with Crippen molar-refractivity contribution in [1.29, 1.82) is 0 Å². The van der Waals surface area contributed by atoms with Gasteiger partial charge in [-0.15, -0.1) is 0 Å². The largest absolute Gasteiger partial charge is 0.328 e. The van der Waals surface area contributed by atoms with Crippen molar-refractivity contribution >= 4 is 0 Å². The van der Waals surface area contributed by atoms with Gasteiger partial charge in [-0.3, -0.25) is 0 Å². The lowest BCUT2D eigenvalue weighted by atomic mass is 10.2. The second-order valence-electron chi connectivity index (χ2n) is 5.50. The Bertz CT molecular complexity index is 107. The third-order valence-electron chi connectivity index (χ3n) is 2.73. The lowest BCUT2D eigenvalue weighted by Gasteiger charge is -2.29. The van der Waals surface area contributed by atoms with Crippen molar-refractivity contribution in [3.8, 4) is 0 Å². The lowest BCUT2D eigenvalue weighted by Crippen LogP contribution is -2.41. The molecular weight excluding hydrogens is 194 g/mol. The van der Waals surface area contributed by atoms with Gasteiger partial charge in [0.2, 0.25) is 0 Å². The molecule has 0 saturated carbocycles. The first kappa shape index (κ1) is 18.3. The molecule has 16 heavy (non-hydrogen) atoms. The van der Waals surface area contributed by atoms with E-state index in [1.165, 1.54) is 62.5 Å². The molecule has 0 saturated heterocycles. The van der Waals surface area contributed by atoms with Crippen LogP contribution in [0.15, 0.2) is 0 Å². The molecule has 0 aliphatic rings. The van der Waals surface area contributed by atoms with Crippen LogP contribution in [0.2, 0.25) is 0 Å². The van der Waals surface area contributed by atoms with E-state index in [9.17, 15) is 0 Å². The number of quaternary nitrogens is 1. The van der Waals surface area contributed by atoms with E-state index in [2.05, 4.69) is 41.8 Å². The third-order valence-corrected chi connectivity index (χ3v) is 2.73. The summed E-state index contributed by atoms with van der Waals surface area (Å²) in [7, 11) is 4.73. The zero-order valence-corrected chi connectivity index (χ0v) is 12.8. The van der Waals surface area contributed by atoms with E-state index in [0.29, 0.717) is 0 Å². The minimum Gasteiger partial charge on any atom is -0.328 e. The number of rotatable bonds is 8. The highest BCUT2D eigenvalue weighted by atomic mass is 15.3. The van der Waals surface area contributed by atoms with E-state index in [4.69, 9.17) is 0 Å². The molecule has 1 nitrogen and oxygen atoms in total. The van der Waals surface area contributed by atoms with Crippen molar-refractivity contribution in [2.24, 2.45) is 0 Å². The molecule has 0 heterocycles. The summed E-state index contributed by atoms with van der Waals surface area (Å²) in [5, 5.41) is 0. The second kappa shape index (κ2) is 13.0. The van der Waals surface area contributed by atoms with Crippen molar-refractivity contribution in [2.45, 2.75) is 72.6 Å². The van der Waals surface area contributed by atoms with E-state index in [0.717, 1.165) is 0 Å². The summed E-state index contributed by atoms with van der Waals surface area (Å²) in [4.78, 5) is 0. The Morgan fingerprint density at radius 1 is 0.625 bits per heavy atom. The van der Waals surface area contributed by atoms with Crippen LogP contribution in [-0.4, -0.2) is 31.7 Å². The van der Waals surface area contributed by atoms with Gasteiger partial charge in [0, 0.05) is 0 Å². The number of unbranched alkanes of at least 4 members (excludes halogenated alkanes) is 4. The fourth-order valence-electron chi connectivity index (χ4n) is 1.69. The van der Waals surface area contributed by atoms with Crippen molar-refractivity contribution in [2.75, 3.05) is 27.2 Å². The molecule has 0 fully saturated rings. The first-order chi connectivity index (χ1) is 7.54. The smallest absolute Gasteiger partial charge is 0.0782 e. The quantitative estimate of drug-likeness (QED) is 0.413. The van der Waals surface area contributed by atoms with Crippen LogP contribution in [0.1, 0.15) is 72.6 Å². The molecule has 0 aliphatic carbocycles. The van der Waals surface area contributed by atoms with Crippen LogP contribution in [0, 0.1) is 0 Å². The van der Waals surface area contributed by atoms with Crippen molar-refractivity contribution in [3.05, 3.63) is 0 Å². The Balaban J connectivity index is 0. The summed E-state index contributed by atoms with van der Waals surface area (Å²) >= 11 is 0. The van der Waals surface area contributed by atoms with Crippen LogP contribution < -0.4 is 0 Å². The van der Waals surface area contributed by atoms with E-state index in [-0.39, 0.29) is 0 Å². The molecule has 0 spiro atoms. The SMILES string of the molecule is CCC.CCCCC[N+](C)(C)CCCCC. The number of hydrogen-bond acceptors (Lipinski definition) is 0. The minimum atomic E-state index is 1.22. The van der Waals surface area contributed by atoms with Gasteiger partial charge in [0.1, 0.15) is 0 Å². The highest BCUT2D eigenvalue weighted by molar-refractivity contribution is 4.41. The molecule has 0 aliphatic heterocycles. The van der Waals surface area contributed by atoms with E-state index in [1.807, 2.05) is 0 Å². The van der Waals surface area contributed by atoms with Crippen LogP contribution in [0.3, 0.4) is 0 Å². The zero-order valence-electron chi connectivity index (χ0n) is 12.8. The fraction of sp³-hybridized carbons (Fsp3) is 1.00. The highest BCUT2D eigenvalue weighted by Crippen LogP contribution is 2.06.